The molecule has 18 atom stereocenters. The van der Waals surface area contributed by atoms with Gasteiger partial charge in [0.25, 0.3) is 0 Å². The number of hydrogen-bond donors (Lipinski definition) is 10. The Labute approximate surface area is 544 Å². The number of guanidine groups is 1. The van der Waals surface area contributed by atoms with Crippen molar-refractivity contribution >= 4 is 27.5 Å². The highest BCUT2D eigenvalue weighted by Crippen LogP contribution is 2.73. The molecular weight excluding hydrogens is 1160 g/mol. The first-order chi connectivity index (χ1) is 43.8. The lowest BCUT2D eigenvalue weighted by Crippen LogP contribution is -2.55. The van der Waals surface area contributed by atoms with Gasteiger partial charge < -0.3 is 62.0 Å². The van der Waals surface area contributed by atoms with Gasteiger partial charge >= 0.3 is 0 Å². The van der Waals surface area contributed by atoms with Gasteiger partial charge in [0.05, 0.1) is 18.8 Å². The number of rotatable bonds is 22. The minimum absolute atomic E-state index is 0.00148. The number of nitrogens with two attached hydrogens (primary N) is 2. The Kier molecular flexibility index (Phi) is 20.1. The number of hydrogen-bond acceptors (Lipinski definition) is 12. The molecule has 7 bridgehead atoms. The Bertz CT molecular complexity index is 3140. The van der Waals surface area contributed by atoms with Gasteiger partial charge in [-0.3, -0.25) is 0 Å². The first kappa shape index (κ1) is 64.5. The van der Waals surface area contributed by atoms with Crippen molar-refractivity contribution in [1.82, 2.24) is 20.9 Å². The number of phenolic OH excluding ortho intramolecular Hbond substituents is 1. The second kappa shape index (κ2) is 28.0. The average molecular weight is 1270 g/mol. The lowest BCUT2D eigenvalue weighted by atomic mass is 9.50. The molecule has 6 fully saturated rings. The SMILES string of the molecule is CNCC(NCC(C)O)C1c2cc(C(O)COc3cc(CCc4cc(CO)c(CCC5CCC67C=CC8CC6C(C5)CC(N)C7CSSCC(N=C(N)NC5CCCC(CCc6ccccc6)C5)C8C)o4)ccc3O)[nH]c2C2C=CC13CCCC3C21CCCC1. The summed E-state index contributed by atoms with van der Waals surface area (Å²) in [5, 5.41) is 55.4. The third kappa shape index (κ3) is 13.1. The van der Waals surface area contributed by atoms with Crippen molar-refractivity contribution in [1.29, 1.82) is 0 Å². The maximum absolute atomic E-state index is 12.0. The maximum Gasteiger partial charge on any atom is 0.189 e. The van der Waals surface area contributed by atoms with Crippen LogP contribution in [0.1, 0.15) is 193 Å². The maximum atomic E-state index is 12.0. The monoisotopic (exact) mass is 1270 g/mol. The van der Waals surface area contributed by atoms with Crippen LogP contribution in [0, 0.1) is 63.6 Å². The van der Waals surface area contributed by atoms with E-state index in [1.165, 1.54) is 100 Å². The predicted molar refractivity (Wildman–Crippen MR) is 366 cm³/mol. The van der Waals surface area contributed by atoms with E-state index in [1.54, 1.807) is 6.07 Å². The van der Waals surface area contributed by atoms with E-state index in [0.717, 1.165) is 91.3 Å². The smallest absolute Gasteiger partial charge is 0.189 e. The van der Waals surface area contributed by atoms with E-state index < -0.39 is 12.2 Å². The molecule has 5 saturated carbocycles. The number of ether oxygens (including phenoxy) is 1. The fourth-order valence-electron chi connectivity index (χ4n) is 20.7. The molecule has 11 aliphatic rings. The summed E-state index contributed by atoms with van der Waals surface area (Å²) >= 11 is 0. The summed E-state index contributed by atoms with van der Waals surface area (Å²) in [5.74, 6) is 9.53. The Morgan fingerprint density at radius 1 is 0.822 bits per heavy atom. The fraction of sp³-hybridized carbons (Fsp3) is 0.667. The highest BCUT2D eigenvalue weighted by Gasteiger charge is 2.65. The van der Waals surface area contributed by atoms with Crippen LogP contribution in [0.25, 0.3) is 0 Å². The topological polar surface area (TPSA) is 220 Å². The molecule has 9 aliphatic carbocycles. The van der Waals surface area contributed by atoms with E-state index in [0.29, 0.717) is 84.5 Å². The number of nitrogens with one attached hydrogen (secondary N) is 4. The Morgan fingerprint density at radius 2 is 1.63 bits per heavy atom. The Balaban J connectivity index is 0.633. The molecule has 1 saturated heterocycles. The first-order valence-electron chi connectivity index (χ1n) is 35.4. The van der Waals surface area contributed by atoms with Gasteiger partial charge in [0, 0.05) is 89.8 Å². The number of H-pyrrole nitrogens is 1. The predicted octanol–water partition coefficient (Wildman–Crippen LogP) is 12.7. The second-order valence-corrected chi connectivity index (χ2v) is 32.7. The molecule has 3 spiro atoms. The van der Waals surface area contributed by atoms with Gasteiger partial charge in [0.15, 0.2) is 17.5 Å². The van der Waals surface area contributed by atoms with E-state index in [-0.39, 0.29) is 65.2 Å². The third-order valence-corrected chi connectivity index (χ3v) is 27.4. The minimum atomic E-state index is -0.944. The molecule has 2 aromatic carbocycles. The molecule has 490 valence electrons. The third-order valence-electron chi connectivity index (χ3n) is 25.0. The zero-order chi connectivity index (χ0) is 62.2. The number of likely N-dealkylation sites (N-methyl/N-ethyl adjacent to an activating group) is 1. The lowest BCUT2D eigenvalue weighted by molar-refractivity contribution is -0.00497. The summed E-state index contributed by atoms with van der Waals surface area (Å²) in [6.45, 7) is 5.50. The molecule has 2 aliphatic heterocycles. The van der Waals surface area contributed by atoms with E-state index >= 15 is 0 Å². The Hall–Kier alpha value is -4.19. The number of aliphatic imine (C=N–C) groups is 1. The standard InChI is InChI=1S/C75H107N7O6S2/c1-46(84)40-79-63(41-78-3)70-57-39-62(81-71(57)58-26-32-75(70)29-10-15-69(75)74(58)27-7-8-28-74)66(86)43-87-68-35-50(19-22-65(68)85)18-21-56-36-54(42-83)67(88-56)23-20-51-24-30-73-31-25-52-37-59(73)53(33-51)38-61(76)60(73)44-89-90-45-64(47(52)2)82-72(77)80-55-14-9-13-49(34-55)17-16-48-11-5-4-6-12-48/h4-6,11-12,19,22,25-26,31-32,35-36,39,46-47,49,51-53,55,58-61,63-64,66,69-70,78-79,81,83-86H,7-10,13-18,20-21,23-24,27-30,33-34,37-38,40-45,76H2,1-3H3,(H3,77,80,82). The normalized spacial score (nSPS) is 34.5. The molecule has 4 aromatic rings. The molecule has 0 radical (unpaired) electrons. The largest absolute Gasteiger partial charge is 0.504 e. The van der Waals surface area contributed by atoms with E-state index in [1.807, 2.05) is 53.8 Å². The highest BCUT2D eigenvalue weighted by atomic mass is 33.1. The number of aliphatic hydroxyl groups excluding tert-OH is 3. The number of nitrogens with zero attached hydrogens (tertiary/aromatic N) is 1. The molecule has 2 aromatic heterocycles. The number of aromatic nitrogens is 1. The zero-order valence-corrected chi connectivity index (χ0v) is 55.8. The van der Waals surface area contributed by atoms with Crippen LogP contribution in [0.4, 0.5) is 0 Å². The van der Waals surface area contributed by atoms with E-state index in [9.17, 15) is 20.4 Å². The van der Waals surface area contributed by atoms with Crippen LogP contribution in [-0.4, -0.2) is 99.9 Å². The van der Waals surface area contributed by atoms with Gasteiger partial charge in [-0.25, -0.2) is 4.99 Å². The van der Waals surface area contributed by atoms with Crippen LogP contribution in [-0.2, 0) is 32.3 Å². The summed E-state index contributed by atoms with van der Waals surface area (Å²) in [6.07, 6.45) is 33.8. The van der Waals surface area contributed by atoms with Crippen LogP contribution in [0.2, 0.25) is 0 Å². The number of aromatic amines is 1. The average Bonchev–Trinajstić information content (AvgIpc) is 1.51. The Morgan fingerprint density at radius 3 is 2.46 bits per heavy atom. The number of phenols is 1. The molecule has 12 N–H and O–H groups in total. The molecule has 15 rings (SSSR count). The molecule has 18 unspecified atom stereocenters. The number of benzene rings is 2. The van der Waals surface area contributed by atoms with Gasteiger partial charge in [-0.05, 0) is 209 Å². The van der Waals surface area contributed by atoms with Crippen LogP contribution in [0.15, 0.2) is 94.4 Å². The summed E-state index contributed by atoms with van der Waals surface area (Å²) in [5.41, 5.74) is 21.1. The molecule has 0 amide bonds. The number of allylic oxidation sites excluding steroid dienone is 4. The molecular formula is C75H107N7O6S2. The van der Waals surface area contributed by atoms with Crippen molar-refractivity contribution in [2.75, 3.05) is 38.2 Å². The van der Waals surface area contributed by atoms with Crippen molar-refractivity contribution in [2.45, 2.75) is 210 Å². The molecule has 13 nitrogen and oxygen atoms in total. The number of fused-ring (bicyclic) bond motifs is 5. The zero-order valence-electron chi connectivity index (χ0n) is 54.1. The first-order valence-corrected chi connectivity index (χ1v) is 37.9. The van der Waals surface area contributed by atoms with Gasteiger partial charge in [0.1, 0.15) is 24.2 Å². The van der Waals surface area contributed by atoms with Gasteiger partial charge in [0.2, 0.25) is 0 Å². The van der Waals surface area contributed by atoms with Gasteiger partial charge in [-0.15, -0.1) is 0 Å². The lowest BCUT2D eigenvalue weighted by Gasteiger charge is -2.56. The van der Waals surface area contributed by atoms with Crippen LogP contribution in [0.5, 0.6) is 11.5 Å². The molecule has 90 heavy (non-hydrogen) atoms. The number of aryl methyl sites for hydroxylation is 4. The van der Waals surface area contributed by atoms with Crippen molar-refractivity contribution in [2.24, 2.45) is 80.0 Å². The van der Waals surface area contributed by atoms with E-state index in [4.69, 9.17) is 25.6 Å². The van der Waals surface area contributed by atoms with Crippen molar-refractivity contribution in [3.8, 4) is 11.5 Å². The van der Waals surface area contributed by atoms with Crippen molar-refractivity contribution in [3.05, 3.63) is 130 Å². The number of aromatic hydroxyl groups is 1. The fourth-order valence-corrected chi connectivity index (χ4v) is 23.5. The number of aliphatic hydroxyl groups is 3. The van der Waals surface area contributed by atoms with Gasteiger partial charge in [-0.2, -0.15) is 0 Å². The van der Waals surface area contributed by atoms with Crippen LogP contribution >= 0.6 is 21.6 Å². The number of furan rings is 1. The van der Waals surface area contributed by atoms with Crippen molar-refractivity contribution < 1.29 is 29.6 Å². The second-order valence-electron chi connectivity index (χ2n) is 30.1. The van der Waals surface area contributed by atoms with Crippen LogP contribution < -0.4 is 32.2 Å². The summed E-state index contributed by atoms with van der Waals surface area (Å²) in [6, 6.07) is 21.5. The summed E-state index contributed by atoms with van der Waals surface area (Å²) in [7, 11) is 6.03. The summed E-state index contributed by atoms with van der Waals surface area (Å²) < 4.78 is 13.0. The van der Waals surface area contributed by atoms with Crippen molar-refractivity contribution in [3.63, 3.8) is 0 Å². The van der Waals surface area contributed by atoms with Crippen LogP contribution in [0.3, 0.4) is 0 Å². The quantitative estimate of drug-likeness (QED) is 0.0153. The minimum Gasteiger partial charge on any atom is -0.504 e. The summed E-state index contributed by atoms with van der Waals surface area (Å²) in [4.78, 5) is 9.19. The molecule has 15 heteroatoms. The van der Waals surface area contributed by atoms with Gasteiger partial charge in [-0.1, -0.05) is 121 Å². The highest BCUT2D eigenvalue weighted by molar-refractivity contribution is 8.76. The molecule has 4 heterocycles. The van der Waals surface area contributed by atoms with E-state index in [2.05, 4.69) is 88.6 Å².